The Kier molecular flexibility index (Phi) is 3.24. The standard InChI is InChI=1S/C19H21NO3/c1-20-16-4-2-13(3-5-16)19(10-17(21)22)14-6-11-7-15(19)9-12(8-14)18(11)23/h2-5,11-12,14-15,18,23H,6-10H2,(H,21,22). The molecule has 0 saturated heterocycles. The van der Waals surface area contributed by atoms with Crippen LogP contribution in [-0.4, -0.2) is 22.3 Å². The number of carboxylic acid groups (broad SMARTS) is 1. The number of carbonyl (C=O) groups is 1. The van der Waals surface area contributed by atoms with E-state index in [2.05, 4.69) is 4.85 Å². The van der Waals surface area contributed by atoms with Crippen molar-refractivity contribution in [3.8, 4) is 0 Å². The third kappa shape index (κ3) is 2.03. The number of aliphatic hydroxyl groups excluding tert-OH is 1. The fourth-order valence-corrected chi connectivity index (χ4v) is 5.92. The predicted molar refractivity (Wildman–Crippen MR) is 85.1 cm³/mol. The van der Waals surface area contributed by atoms with Crippen molar-refractivity contribution < 1.29 is 15.0 Å². The predicted octanol–water partition coefficient (Wildman–Crippen LogP) is 3.38. The van der Waals surface area contributed by atoms with Crippen molar-refractivity contribution >= 4 is 11.7 Å². The van der Waals surface area contributed by atoms with E-state index in [4.69, 9.17) is 6.57 Å². The zero-order valence-electron chi connectivity index (χ0n) is 13.0. The molecule has 0 aromatic heterocycles. The molecule has 0 radical (unpaired) electrons. The van der Waals surface area contributed by atoms with Gasteiger partial charge in [0.25, 0.3) is 0 Å². The Morgan fingerprint density at radius 3 is 2.09 bits per heavy atom. The Morgan fingerprint density at radius 1 is 1.13 bits per heavy atom. The zero-order chi connectivity index (χ0) is 16.2. The van der Waals surface area contributed by atoms with Crippen LogP contribution in [0.4, 0.5) is 5.69 Å². The third-order valence-corrected chi connectivity index (χ3v) is 6.75. The van der Waals surface area contributed by atoms with Crippen molar-refractivity contribution in [1.82, 2.24) is 0 Å². The first kappa shape index (κ1) is 14.7. The van der Waals surface area contributed by atoms with Crippen molar-refractivity contribution in [2.24, 2.45) is 23.7 Å². The van der Waals surface area contributed by atoms with Crippen LogP contribution in [0.15, 0.2) is 24.3 Å². The molecule has 5 rings (SSSR count). The van der Waals surface area contributed by atoms with Gasteiger partial charge in [-0.05, 0) is 54.9 Å². The maximum absolute atomic E-state index is 11.7. The summed E-state index contributed by atoms with van der Waals surface area (Å²) < 4.78 is 0. The summed E-state index contributed by atoms with van der Waals surface area (Å²) in [7, 11) is 0. The molecule has 2 N–H and O–H groups in total. The van der Waals surface area contributed by atoms with Crippen molar-refractivity contribution in [3.05, 3.63) is 41.2 Å². The lowest BCUT2D eigenvalue weighted by Crippen LogP contribution is -2.60. The van der Waals surface area contributed by atoms with Gasteiger partial charge < -0.3 is 10.2 Å². The molecule has 120 valence electrons. The van der Waals surface area contributed by atoms with E-state index in [1.54, 1.807) is 0 Å². The Hall–Kier alpha value is -1.86. The molecule has 4 aliphatic rings. The van der Waals surface area contributed by atoms with Crippen molar-refractivity contribution in [3.63, 3.8) is 0 Å². The van der Waals surface area contributed by atoms with Crippen LogP contribution in [0.25, 0.3) is 4.85 Å². The number of hydrogen-bond donors (Lipinski definition) is 2. The number of carboxylic acids is 1. The second-order valence-corrected chi connectivity index (χ2v) is 7.62. The fourth-order valence-electron chi connectivity index (χ4n) is 5.92. The molecule has 4 bridgehead atoms. The lowest BCUT2D eigenvalue weighted by Gasteiger charge is -2.62. The lowest BCUT2D eigenvalue weighted by atomic mass is 9.42. The van der Waals surface area contributed by atoms with E-state index in [0.29, 0.717) is 29.4 Å². The van der Waals surface area contributed by atoms with E-state index in [0.717, 1.165) is 31.2 Å². The molecule has 4 heteroatoms. The summed E-state index contributed by atoms with van der Waals surface area (Å²) in [5.41, 5.74) is 1.36. The molecule has 0 spiro atoms. The van der Waals surface area contributed by atoms with Gasteiger partial charge in [0.05, 0.1) is 19.1 Å². The minimum atomic E-state index is -0.743. The summed E-state index contributed by atoms with van der Waals surface area (Å²) in [4.78, 5) is 15.1. The van der Waals surface area contributed by atoms with E-state index in [1.165, 1.54) is 0 Å². The number of nitrogens with zero attached hydrogens (tertiary/aromatic N) is 1. The smallest absolute Gasteiger partial charge is 0.304 e. The molecular formula is C19H21NO3. The van der Waals surface area contributed by atoms with Gasteiger partial charge in [-0.3, -0.25) is 4.79 Å². The van der Waals surface area contributed by atoms with Gasteiger partial charge in [-0.1, -0.05) is 24.3 Å². The average molecular weight is 311 g/mol. The van der Waals surface area contributed by atoms with E-state index in [9.17, 15) is 15.0 Å². The summed E-state index contributed by atoms with van der Waals surface area (Å²) in [6.45, 7) is 7.10. The number of benzene rings is 1. The van der Waals surface area contributed by atoms with Gasteiger partial charge in [0.1, 0.15) is 0 Å². The lowest BCUT2D eigenvalue weighted by molar-refractivity contribution is -0.156. The van der Waals surface area contributed by atoms with Crippen molar-refractivity contribution in [1.29, 1.82) is 0 Å². The van der Waals surface area contributed by atoms with Crippen LogP contribution < -0.4 is 0 Å². The second-order valence-electron chi connectivity index (χ2n) is 7.62. The van der Waals surface area contributed by atoms with Crippen molar-refractivity contribution in [2.45, 2.75) is 43.6 Å². The largest absolute Gasteiger partial charge is 0.481 e. The summed E-state index contributed by atoms with van der Waals surface area (Å²) >= 11 is 0. The number of hydrogen-bond acceptors (Lipinski definition) is 2. The monoisotopic (exact) mass is 311 g/mol. The zero-order valence-corrected chi connectivity index (χ0v) is 13.0. The normalized spacial score (nSPS) is 40.8. The van der Waals surface area contributed by atoms with Gasteiger partial charge in [-0.2, -0.15) is 0 Å². The molecular weight excluding hydrogens is 290 g/mol. The third-order valence-electron chi connectivity index (χ3n) is 6.75. The molecule has 0 unspecified atom stereocenters. The molecule has 4 fully saturated rings. The Balaban J connectivity index is 1.79. The number of aliphatic hydroxyl groups is 1. The Bertz CT molecular complexity index is 643. The molecule has 0 atom stereocenters. The fraction of sp³-hybridized carbons (Fsp3) is 0.579. The van der Waals surface area contributed by atoms with E-state index in [1.807, 2.05) is 24.3 Å². The quantitative estimate of drug-likeness (QED) is 0.841. The molecule has 0 aliphatic heterocycles. The van der Waals surface area contributed by atoms with Crippen LogP contribution in [0.5, 0.6) is 0 Å². The van der Waals surface area contributed by atoms with Gasteiger partial charge in [0.15, 0.2) is 5.69 Å². The minimum Gasteiger partial charge on any atom is -0.481 e. The van der Waals surface area contributed by atoms with Gasteiger partial charge >= 0.3 is 5.97 Å². The number of rotatable bonds is 3. The molecule has 0 amide bonds. The molecule has 1 aromatic rings. The van der Waals surface area contributed by atoms with E-state index < -0.39 is 5.97 Å². The first-order chi connectivity index (χ1) is 11.0. The average Bonchev–Trinajstić information content (AvgIpc) is 2.52. The molecule has 4 nitrogen and oxygen atoms in total. The Labute approximate surface area is 136 Å². The van der Waals surface area contributed by atoms with Crippen LogP contribution in [0.2, 0.25) is 0 Å². The molecule has 4 saturated carbocycles. The maximum Gasteiger partial charge on any atom is 0.304 e. The van der Waals surface area contributed by atoms with Crippen molar-refractivity contribution in [2.75, 3.05) is 0 Å². The van der Waals surface area contributed by atoms with Gasteiger partial charge in [-0.25, -0.2) is 4.85 Å². The molecule has 4 aliphatic carbocycles. The highest BCUT2D eigenvalue weighted by Crippen LogP contribution is 2.64. The van der Waals surface area contributed by atoms with Gasteiger partial charge in [-0.15, -0.1) is 0 Å². The molecule has 0 heterocycles. The Morgan fingerprint density at radius 2 is 1.65 bits per heavy atom. The minimum absolute atomic E-state index is 0.162. The summed E-state index contributed by atoms with van der Waals surface area (Å²) in [6, 6.07) is 7.56. The summed E-state index contributed by atoms with van der Waals surface area (Å²) in [5.74, 6) is 0.628. The first-order valence-corrected chi connectivity index (χ1v) is 8.42. The highest BCUT2D eigenvalue weighted by Gasteiger charge is 2.61. The SMILES string of the molecule is [C-]#[N+]c1ccc(C2(CC(=O)O)C3CC4CC2CC(C3)C4O)cc1. The van der Waals surface area contributed by atoms with E-state index in [-0.39, 0.29) is 17.9 Å². The van der Waals surface area contributed by atoms with Gasteiger partial charge in [0, 0.05) is 5.41 Å². The first-order valence-electron chi connectivity index (χ1n) is 8.42. The summed E-state index contributed by atoms with van der Waals surface area (Å²) in [6.07, 6.45) is 3.72. The second kappa shape index (κ2) is 5.07. The van der Waals surface area contributed by atoms with Crippen LogP contribution >= 0.6 is 0 Å². The summed E-state index contributed by atoms with van der Waals surface area (Å²) in [5, 5.41) is 19.9. The van der Waals surface area contributed by atoms with E-state index >= 15 is 0 Å². The maximum atomic E-state index is 11.7. The molecule has 23 heavy (non-hydrogen) atoms. The topological polar surface area (TPSA) is 61.9 Å². The van der Waals surface area contributed by atoms with Crippen LogP contribution in [0, 0.1) is 30.2 Å². The number of aliphatic carboxylic acids is 1. The highest BCUT2D eigenvalue weighted by molar-refractivity contribution is 5.70. The van der Waals surface area contributed by atoms with Crippen LogP contribution in [0.3, 0.4) is 0 Å². The van der Waals surface area contributed by atoms with Crippen LogP contribution in [-0.2, 0) is 10.2 Å². The highest BCUT2D eigenvalue weighted by atomic mass is 16.4. The van der Waals surface area contributed by atoms with Gasteiger partial charge in [0.2, 0.25) is 0 Å². The molecule has 1 aromatic carbocycles. The van der Waals surface area contributed by atoms with Crippen LogP contribution in [0.1, 0.15) is 37.7 Å².